The van der Waals surface area contributed by atoms with Gasteiger partial charge in [-0.15, -0.1) is 11.8 Å². The fourth-order valence-electron chi connectivity index (χ4n) is 2.23. The van der Waals surface area contributed by atoms with Crippen LogP contribution in [0.25, 0.3) is 0 Å². The fraction of sp³-hybridized carbons (Fsp3) is 0.471. The van der Waals surface area contributed by atoms with Gasteiger partial charge in [-0.2, -0.15) is 5.10 Å². The summed E-state index contributed by atoms with van der Waals surface area (Å²) in [5.41, 5.74) is 4.10. The summed E-state index contributed by atoms with van der Waals surface area (Å²) in [7, 11) is 1.96. The van der Waals surface area contributed by atoms with Crippen molar-refractivity contribution in [3.05, 3.63) is 47.3 Å². The van der Waals surface area contributed by atoms with E-state index >= 15 is 0 Å². The van der Waals surface area contributed by atoms with E-state index in [0.29, 0.717) is 6.04 Å². The van der Waals surface area contributed by atoms with E-state index < -0.39 is 0 Å². The second-order valence-electron chi connectivity index (χ2n) is 5.51. The molecule has 0 radical (unpaired) electrons. The van der Waals surface area contributed by atoms with Crippen molar-refractivity contribution in [3.63, 3.8) is 0 Å². The van der Waals surface area contributed by atoms with Crippen molar-refractivity contribution < 1.29 is 0 Å². The molecular formula is C17H25N3S. The molecule has 2 aromatic rings. The number of nitrogens with one attached hydrogen (secondary N) is 1. The maximum atomic E-state index is 4.23. The van der Waals surface area contributed by atoms with Crippen molar-refractivity contribution in [1.82, 2.24) is 15.1 Å². The Bertz CT molecular complexity index is 577. The van der Waals surface area contributed by atoms with Gasteiger partial charge < -0.3 is 5.32 Å². The number of hydrogen-bond acceptors (Lipinski definition) is 3. The van der Waals surface area contributed by atoms with Gasteiger partial charge in [-0.05, 0) is 43.5 Å². The van der Waals surface area contributed by atoms with Crippen LogP contribution in [0.15, 0.2) is 35.5 Å². The lowest BCUT2D eigenvalue weighted by atomic mass is 10.0. The van der Waals surface area contributed by atoms with E-state index in [1.165, 1.54) is 21.6 Å². The Balaban J connectivity index is 2.07. The maximum absolute atomic E-state index is 4.23. The normalized spacial score (nSPS) is 12.6. The minimum absolute atomic E-state index is 0.384. The quantitative estimate of drug-likeness (QED) is 0.788. The van der Waals surface area contributed by atoms with Crippen molar-refractivity contribution in [2.45, 2.75) is 38.1 Å². The Labute approximate surface area is 132 Å². The lowest BCUT2D eigenvalue weighted by Crippen LogP contribution is -2.24. The molecule has 0 aliphatic rings. The van der Waals surface area contributed by atoms with Crippen molar-refractivity contribution in [3.8, 4) is 0 Å². The highest BCUT2D eigenvalue weighted by atomic mass is 32.2. The zero-order valence-electron chi connectivity index (χ0n) is 13.4. The number of aromatic nitrogens is 2. The summed E-state index contributed by atoms with van der Waals surface area (Å²) >= 11 is 1.86. The Morgan fingerprint density at radius 1 is 1.29 bits per heavy atom. The Morgan fingerprint density at radius 2 is 2.10 bits per heavy atom. The van der Waals surface area contributed by atoms with E-state index in [9.17, 15) is 0 Å². The molecule has 0 aliphatic heterocycles. The molecule has 1 unspecified atom stereocenters. The molecule has 114 valence electrons. The number of benzene rings is 1. The van der Waals surface area contributed by atoms with Crippen molar-refractivity contribution in [2.24, 2.45) is 7.05 Å². The predicted molar refractivity (Wildman–Crippen MR) is 90.9 cm³/mol. The van der Waals surface area contributed by atoms with Gasteiger partial charge in [0.25, 0.3) is 0 Å². The molecule has 1 aromatic heterocycles. The van der Waals surface area contributed by atoms with Crippen LogP contribution in [-0.2, 0) is 7.05 Å². The fourth-order valence-corrected chi connectivity index (χ4v) is 3.24. The van der Waals surface area contributed by atoms with Gasteiger partial charge in [0.15, 0.2) is 0 Å². The topological polar surface area (TPSA) is 29.9 Å². The number of aryl methyl sites for hydroxylation is 3. The lowest BCUT2D eigenvalue weighted by Gasteiger charge is -2.19. The summed E-state index contributed by atoms with van der Waals surface area (Å²) in [5.74, 6) is 1.02. The monoisotopic (exact) mass is 303 g/mol. The zero-order chi connectivity index (χ0) is 15.2. The van der Waals surface area contributed by atoms with Crippen LogP contribution in [0.5, 0.6) is 0 Å². The number of hydrogen-bond donors (Lipinski definition) is 1. The average molecular weight is 303 g/mol. The number of nitrogens with zero attached hydrogens (tertiary/aromatic N) is 2. The first kappa shape index (κ1) is 16.1. The summed E-state index contributed by atoms with van der Waals surface area (Å²) in [5, 5.41) is 7.89. The first-order valence-corrected chi connectivity index (χ1v) is 8.50. The van der Waals surface area contributed by atoms with Crippen LogP contribution < -0.4 is 5.32 Å². The molecule has 0 spiro atoms. The first-order chi connectivity index (χ1) is 10.1. The van der Waals surface area contributed by atoms with Gasteiger partial charge in [0.2, 0.25) is 0 Å². The maximum Gasteiger partial charge on any atom is 0.0625 e. The molecule has 1 heterocycles. The van der Waals surface area contributed by atoms with Gasteiger partial charge >= 0.3 is 0 Å². The Morgan fingerprint density at radius 3 is 2.71 bits per heavy atom. The summed E-state index contributed by atoms with van der Waals surface area (Å²) in [6.07, 6.45) is 5.16. The van der Waals surface area contributed by atoms with Crippen LogP contribution in [0.3, 0.4) is 0 Å². The molecule has 0 bridgehead atoms. The molecule has 0 amide bonds. The molecule has 0 saturated carbocycles. The molecule has 0 fully saturated rings. The van der Waals surface area contributed by atoms with Gasteiger partial charge in [0.05, 0.1) is 6.20 Å². The van der Waals surface area contributed by atoms with Gasteiger partial charge in [-0.1, -0.05) is 25.1 Å². The van der Waals surface area contributed by atoms with E-state index in [2.05, 4.69) is 55.6 Å². The van der Waals surface area contributed by atoms with Crippen LogP contribution >= 0.6 is 11.8 Å². The lowest BCUT2D eigenvalue weighted by molar-refractivity contribution is 0.577. The van der Waals surface area contributed by atoms with Gasteiger partial charge in [0, 0.05) is 29.9 Å². The largest absolute Gasteiger partial charge is 0.309 e. The Kier molecular flexibility index (Phi) is 5.88. The second kappa shape index (κ2) is 7.66. The van der Waals surface area contributed by atoms with Crippen molar-refractivity contribution in [1.29, 1.82) is 0 Å². The van der Waals surface area contributed by atoms with E-state index in [1.54, 1.807) is 0 Å². The third-order valence-electron chi connectivity index (χ3n) is 3.67. The van der Waals surface area contributed by atoms with E-state index in [4.69, 9.17) is 0 Å². The molecule has 0 saturated heterocycles. The minimum Gasteiger partial charge on any atom is -0.309 e. The molecule has 21 heavy (non-hydrogen) atoms. The van der Waals surface area contributed by atoms with E-state index in [0.717, 1.165) is 18.7 Å². The third-order valence-corrected chi connectivity index (χ3v) is 4.72. The second-order valence-corrected chi connectivity index (χ2v) is 6.60. The molecule has 0 aliphatic carbocycles. The third kappa shape index (κ3) is 4.61. The van der Waals surface area contributed by atoms with Gasteiger partial charge in [0.1, 0.15) is 0 Å². The highest BCUT2D eigenvalue weighted by Crippen LogP contribution is 2.25. The molecule has 1 atom stereocenters. The molecule has 1 N–H and O–H groups in total. The van der Waals surface area contributed by atoms with Crippen LogP contribution in [0.4, 0.5) is 0 Å². The summed E-state index contributed by atoms with van der Waals surface area (Å²) in [6.45, 7) is 7.60. The zero-order valence-corrected chi connectivity index (χ0v) is 14.2. The molecule has 4 heteroatoms. The number of rotatable bonds is 7. The van der Waals surface area contributed by atoms with Gasteiger partial charge in [-0.3, -0.25) is 4.68 Å². The van der Waals surface area contributed by atoms with E-state index in [1.807, 2.05) is 29.7 Å². The highest BCUT2D eigenvalue weighted by Gasteiger charge is 2.12. The Hall–Kier alpha value is -1.26. The van der Waals surface area contributed by atoms with Crippen molar-refractivity contribution in [2.75, 3.05) is 12.3 Å². The highest BCUT2D eigenvalue weighted by molar-refractivity contribution is 7.99. The van der Waals surface area contributed by atoms with Crippen LogP contribution in [0.2, 0.25) is 0 Å². The summed E-state index contributed by atoms with van der Waals surface area (Å²) in [6, 6.07) is 7.17. The van der Waals surface area contributed by atoms with Crippen LogP contribution in [0, 0.1) is 13.8 Å². The molecule has 1 aromatic carbocycles. The summed E-state index contributed by atoms with van der Waals surface area (Å²) in [4.78, 5) is 1.23. The minimum atomic E-state index is 0.384. The van der Waals surface area contributed by atoms with E-state index in [-0.39, 0.29) is 0 Å². The molecule has 2 rings (SSSR count). The van der Waals surface area contributed by atoms with Gasteiger partial charge in [-0.25, -0.2) is 0 Å². The SMILES string of the molecule is CCCNC(CSc1cnn(C)c1)c1ccc(C)c(C)c1. The van der Waals surface area contributed by atoms with Crippen molar-refractivity contribution >= 4 is 11.8 Å². The molecule has 3 nitrogen and oxygen atoms in total. The standard InChI is InChI=1S/C17H25N3S/c1-5-8-18-17(12-21-16-10-19-20(4)11-16)15-7-6-13(2)14(3)9-15/h6-7,9-11,17-18H,5,8,12H2,1-4H3. The summed E-state index contributed by atoms with van der Waals surface area (Å²) < 4.78 is 1.85. The smallest absolute Gasteiger partial charge is 0.0625 e. The molecular weight excluding hydrogens is 278 g/mol. The number of thioether (sulfide) groups is 1. The first-order valence-electron chi connectivity index (χ1n) is 7.52. The van der Waals surface area contributed by atoms with Crippen LogP contribution in [0.1, 0.15) is 36.1 Å². The van der Waals surface area contributed by atoms with Crippen LogP contribution in [-0.4, -0.2) is 22.1 Å². The predicted octanol–water partition coefficient (Wildman–Crippen LogP) is 3.87. The average Bonchev–Trinajstić information content (AvgIpc) is 2.88.